The van der Waals surface area contributed by atoms with Gasteiger partial charge in [0.1, 0.15) is 11.9 Å². The van der Waals surface area contributed by atoms with E-state index in [0.29, 0.717) is 5.92 Å². The lowest BCUT2D eigenvalue weighted by molar-refractivity contribution is 0.308. The minimum absolute atomic E-state index is 0.0860. The van der Waals surface area contributed by atoms with Gasteiger partial charge in [-0.05, 0) is 83.2 Å². The van der Waals surface area contributed by atoms with Gasteiger partial charge in [0, 0.05) is 0 Å². The van der Waals surface area contributed by atoms with Gasteiger partial charge in [0.2, 0.25) is 0 Å². The van der Waals surface area contributed by atoms with Gasteiger partial charge in [-0.25, -0.2) is 4.39 Å². The highest BCUT2D eigenvalue weighted by molar-refractivity contribution is 5.88. The Hall–Kier alpha value is -2.66. The lowest BCUT2D eigenvalue weighted by Crippen LogP contribution is -2.13. The molecule has 0 aromatic heterocycles. The highest BCUT2D eigenvalue weighted by atomic mass is 19.1. The summed E-state index contributed by atoms with van der Waals surface area (Å²) in [6.07, 6.45) is 8.01. The summed E-state index contributed by atoms with van der Waals surface area (Å²) in [6.45, 7) is 2.29. The van der Waals surface area contributed by atoms with Gasteiger partial charge in [0.25, 0.3) is 0 Å². The summed E-state index contributed by atoms with van der Waals surface area (Å²) < 4.78 is 14.0. The van der Waals surface area contributed by atoms with E-state index in [2.05, 4.69) is 37.3 Å². The summed E-state index contributed by atoms with van der Waals surface area (Å²) in [5, 5.41) is 11.3. The van der Waals surface area contributed by atoms with Crippen molar-refractivity contribution in [3.8, 4) is 17.2 Å². The number of nitriles is 1. The minimum atomic E-state index is -0.464. The fraction of sp³-hybridized carbons (Fsp3) is 0.346. The maximum atomic E-state index is 14.0. The van der Waals surface area contributed by atoms with E-state index in [1.54, 1.807) is 6.07 Å². The van der Waals surface area contributed by atoms with Crippen LogP contribution in [0.2, 0.25) is 0 Å². The molecule has 0 bridgehead atoms. The molecule has 0 aliphatic heterocycles. The van der Waals surface area contributed by atoms with Crippen LogP contribution in [0.1, 0.15) is 62.5 Å². The van der Waals surface area contributed by atoms with Crippen molar-refractivity contribution in [3.63, 3.8) is 0 Å². The van der Waals surface area contributed by atoms with E-state index < -0.39 is 5.82 Å². The maximum absolute atomic E-state index is 14.0. The van der Waals surface area contributed by atoms with Crippen LogP contribution in [0.3, 0.4) is 0 Å². The molecule has 3 aromatic carbocycles. The molecule has 142 valence electrons. The molecule has 0 spiro atoms. The molecule has 0 atom stereocenters. The lowest BCUT2D eigenvalue weighted by Gasteiger charge is -2.28. The summed E-state index contributed by atoms with van der Waals surface area (Å²) in [4.78, 5) is 0. The number of halogens is 1. The molecule has 1 fully saturated rings. The van der Waals surface area contributed by atoms with Crippen molar-refractivity contribution in [2.24, 2.45) is 5.92 Å². The number of benzene rings is 3. The Morgan fingerprint density at radius 3 is 2.29 bits per heavy atom. The average Bonchev–Trinajstić information content (AvgIpc) is 2.74. The lowest BCUT2D eigenvalue weighted by atomic mass is 9.77. The fourth-order valence-electron chi connectivity index (χ4n) is 4.68. The molecule has 1 saturated carbocycles. The van der Waals surface area contributed by atoms with Crippen molar-refractivity contribution in [1.29, 1.82) is 5.26 Å². The first-order chi connectivity index (χ1) is 13.7. The Kier molecular flexibility index (Phi) is 5.44. The van der Waals surface area contributed by atoms with Crippen LogP contribution < -0.4 is 0 Å². The second-order valence-electron chi connectivity index (χ2n) is 8.13. The zero-order chi connectivity index (χ0) is 19.5. The number of hydrogen-bond donors (Lipinski definition) is 0. The van der Waals surface area contributed by atoms with Gasteiger partial charge in [0.05, 0.1) is 5.56 Å². The van der Waals surface area contributed by atoms with Crippen LogP contribution in [0, 0.1) is 23.1 Å². The van der Waals surface area contributed by atoms with Crippen molar-refractivity contribution in [3.05, 3.63) is 71.5 Å². The fourth-order valence-corrected chi connectivity index (χ4v) is 4.68. The van der Waals surface area contributed by atoms with Gasteiger partial charge >= 0.3 is 0 Å². The van der Waals surface area contributed by atoms with Crippen LogP contribution in [0.15, 0.2) is 54.6 Å². The molecule has 4 rings (SSSR count). The third kappa shape index (κ3) is 3.80. The normalized spacial score (nSPS) is 19.5. The van der Waals surface area contributed by atoms with E-state index in [0.717, 1.165) is 17.0 Å². The average molecular weight is 371 g/mol. The Labute approximate surface area is 166 Å². The van der Waals surface area contributed by atoms with Gasteiger partial charge in [0.15, 0.2) is 0 Å². The van der Waals surface area contributed by atoms with Crippen molar-refractivity contribution in [2.45, 2.75) is 51.4 Å². The summed E-state index contributed by atoms with van der Waals surface area (Å²) in [7, 11) is 0. The van der Waals surface area contributed by atoms with Gasteiger partial charge in [-0.1, -0.05) is 56.2 Å². The maximum Gasteiger partial charge on any atom is 0.141 e. The van der Waals surface area contributed by atoms with Crippen molar-refractivity contribution in [2.75, 3.05) is 0 Å². The summed E-state index contributed by atoms with van der Waals surface area (Å²) >= 11 is 0. The molecular weight excluding hydrogens is 345 g/mol. The molecule has 2 heteroatoms. The third-order valence-corrected chi connectivity index (χ3v) is 6.30. The minimum Gasteiger partial charge on any atom is -0.206 e. The summed E-state index contributed by atoms with van der Waals surface area (Å²) in [6, 6.07) is 19.8. The number of rotatable bonds is 4. The second kappa shape index (κ2) is 8.15. The van der Waals surface area contributed by atoms with Crippen molar-refractivity contribution < 1.29 is 4.39 Å². The molecule has 1 nitrogen and oxygen atoms in total. The Balaban J connectivity index is 1.57. The second-order valence-corrected chi connectivity index (χ2v) is 8.13. The van der Waals surface area contributed by atoms with E-state index in [-0.39, 0.29) is 5.56 Å². The molecule has 0 N–H and O–H groups in total. The van der Waals surface area contributed by atoms with E-state index in [9.17, 15) is 4.39 Å². The highest BCUT2D eigenvalue weighted by Gasteiger charge is 2.21. The predicted molar refractivity (Wildman–Crippen MR) is 114 cm³/mol. The van der Waals surface area contributed by atoms with E-state index in [1.165, 1.54) is 60.9 Å². The highest BCUT2D eigenvalue weighted by Crippen LogP contribution is 2.38. The van der Waals surface area contributed by atoms with E-state index in [1.807, 2.05) is 18.2 Å². The topological polar surface area (TPSA) is 23.8 Å². The van der Waals surface area contributed by atoms with Crippen LogP contribution in [-0.4, -0.2) is 0 Å². The molecule has 0 radical (unpaired) electrons. The third-order valence-electron chi connectivity index (χ3n) is 6.30. The Morgan fingerprint density at radius 1 is 0.893 bits per heavy atom. The van der Waals surface area contributed by atoms with Crippen LogP contribution in [0.25, 0.3) is 21.9 Å². The number of hydrogen-bond acceptors (Lipinski definition) is 1. The molecule has 0 amide bonds. The van der Waals surface area contributed by atoms with Gasteiger partial charge in [-0.15, -0.1) is 0 Å². The first kappa shape index (κ1) is 18.7. The molecule has 28 heavy (non-hydrogen) atoms. The van der Waals surface area contributed by atoms with Crippen molar-refractivity contribution in [1.82, 2.24) is 0 Å². The molecule has 0 heterocycles. The quantitative estimate of drug-likeness (QED) is 0.463. The van der Waals surface area contributed by atoms with Crippen LogP contribution in [0.4, 0.5) is 4.39 Å². The zero-order valence-corrected chi connectivity index (χ0v) is 16.4. The van der Waals surface area contributed by atoms with Crippen LogP contribution >= 0.6 is 0 Å². The Morgan fingerprint density at radius 2 is 1.57 bits per heavy atom. The van der Waals surface area contributed by atoms with Gasteiger partial charge in [-0.2, -0.15) is 5.26 Å². The molecule has 1 aliphatic carbocycles. The molecular formula is C26H26FN. The van der Waals surface area contributed by atoms with E-state index in [4.69, 9.17) is 5.26 Å². The molecule has 0 unspecified atom stereocenters. The van der Waals surface area contributed by atoms with Crippen molar-refractivity contribution >= 4 is 10.8 Å². The number of nitrogens with zero attached hydrogens (tertiary/aromatic N) is 1. The van der Waals surface area contributed by atoms with Gasteiger partial charge < -0.3 is 0 Å². The predicted octanol–water partition coefficient (Wildman–Crippen LogP) is 7.59. The van der Waals surface area contributed by atoms with Crippen LogP contribution in [-0.2, 0) is 0 Å². The summed E-state index contributed by atoms with van der Waals surface area (Å²) in [5.41, 5.74) is 3.32. The standard InChI is InChI=1S/C26H26FN/c1-2-3-18-4-6-19(7-5-18)20-8-9-22-15-23(11-10-21(22)14-20)24-12-13-25(17-28)26(27)16-24/h8-16,18-19H,2-7H2,1H3. The molecule has 3 aromatic rings. The smallest absolute Gasteiger partial charge is 0.141 e. The first-order valence-electron chi connectivity index (χ1n) is 10.4. The largest absolute Gasteiger partial charge is 0.206 e. The van der Waals surface area contributed by atoms with Crippen LogP contribution in [0.5, 0.6) is 0 Å². The molecule has 0 saturated heterocycles. The Bertz CT molecular complexity index is 1020. The monoisotopic (exact) mass is 371 g/mol. The SMILES string of the molecule is CCCC1CCC(c2ccc3cc(-c4ccc(C#N)c(F)c4)ccc3c2)CC1. The van der Waals surface area contributed by atoms with Gasteiger partial charge in [-0.3, -0.25) is 0 Å². The van der Waals surface area contributed by atoms with E-state index >= 15 is 0 Å². The summed E-state index contributed by atoms with van der Waals surface area (Å²) in [5.74, 6) is 1.15. The number of fused-ring (bicyclic) bond motifs is 1. The zero-order valence-electron chi connectivity index (χ0n) is 16.4. The molecule has 1 aliphatic rings. The first-order valence-corrected chi connectivity index (χ1v) is 10.4.